The first-order valence-corrected chi connectivity index (χ1v) is 7.72. The Morgan fingerprint density at radius 1 is 1.15 bits per heavy atom. The fraction of sp³-hybridized carbons (Fsp3) is 0.111. The molecule has 8 nitrogen and oxygen atoms in total. The monoisotopic (exact) mass is 353 g/mol. The second-order valence-electron chi connectivity index (χ2n) is 5.61. The van der Waals surface area contributed by atoms with Crippen LogP contribution in [-0.4, -0.2) is 38.2 Å². The maximum atomic E-state index is 12.4. The van der Waals surface area contributed by atoms with Crippen molar-refractivity contribution in [1.82, 2.24) is 14.9 Å². The van der Waals surface area contributed by atoms with Gasteiger partial charge in [-0.1, -0.05) is 30.3 Å². The van der Waals surface area contributed by atoms with Crippen LogP contribution in [0.1, 0.15) is 16.1 Å². The minimum atomic E-state index is -1.18. The van der Waals surface area contributed by atoms with Gasteiger partial charge in [-0.05, 0) is 17.7 Å². The van der Waals surface area contributed by atoms with E-state index in [-0.39, 0.29) is 12.2 Å². The van der Waals surface area contributed by atoms with Crippen molar-refractivity contribution in [3.05, 3.63) is 70.3 Å². The summed E-state index contributed by atoms with van der Waals surface area (Å²) in [5.41, 5.74) is 0.636. The normalized spacial score (nSPS) is 10.6. The lowest BCUT2D eigenvalue weighted by Gasteiger charge is -2.12. The van der Waals surface area contributed by atoms with Gasteiger partial charge >= 0.3 is 5.97 Å². The standard InChI is InChI=1S/C18H15N3O5/c22-15-6-12-8-19-13(17(25)20-9-16(23)24)7-14(12)21(18(15)26)10-11-4-2-1-3-5-11/h1-8,22H,9-10H2,(H,20,25)(H,23,24). The predicted octanol–water partition coefficient (Wildman–Crippen LogP) is 0.965. The highest BCUT2D eigenvalue weighted by Gasteiger charge is 2.14. The van der Waals surface area contributed by atoms with E-state index in [4.69, 9.17) is 5.11 Å². The minimum absolute atomic E-state index is 0.0225. The van der Waals surface area contributed by atoms with Crippen LogP contribution in [0.5, 0.6) is 5.75 Å². The maximum absolute atomic E-state index is 12.4. The summed E-state index contributed by atoms with van der Waals surface area (Å²) >= 11 is 0. The van der Waals surface area contributed by atoms with Gasteiger partial charge in [0.1, 0.15) is 12.2 Å². The first-order chi connectivity index (χ1) is 12.5. The van der Waals surface area contributed by atoms with Crippen molar-refractivity contribution < 1.29 is 19.8 Å². The quantitative estimate of drug-likeness (QED) is 0.628. The molecule has 0 saturated carbocycles. The van der Waals surface area contributed by atoms with E-state index >= 15 is 0 Å². The van der Waals surface area contributed by atoms with Gasteiger partial charge < -0.3 is 20.1 Å². The fourth-order valence-corrected chi connectivity index (χ4v) is 2.55. The molecule has 0 atom stereocenters. The number of carbonyl (C=O) groups excluding carboxylic acids is 1. The van der Waals surface area contributed by atoms with Crippen molar-refractivity contribution in [3.63, 3.8) is 0 Å². The summed E-state index contributed by atoms with van der Waals surface area (Å²) in [5.74, 6) is -2.26. The molecule has 8 heteroatoms. The summed E-state index contributed by atoms with van der Waals surface area (Å²) in [7, 11) is 0. The SMILES string of the molecule is O=C(O)CNC(=O)c1cc2c(cn1)cc(O)c(=O)n2Cc1ccccc1. The number of rotatable bonds is 5. The Bertz CT molecular complexity index is 1040. The molecule has 2 heterocycles. The van der Waals surface area contributed by atoms with Crippen molar-refractivity contribution >= 4 is 22.8 Å². The Balaban J connectivity index is 2.08. The lowest BCUT2D eigenvalue weighted by Crippen LogP contribution is -2.30. The van der Waals surface area contributed by atoms with E-state index < -0.39 is 29.7 Å². The number of nitrogens with zero attached hydrogens (tertiary/aromatic N) is 2. The molecule has 0 radical (unpaired) electrons. The molecule has 0 bridgehead atoms. The average Bonchev–Trinajstić information content (AvgIpc) is 2.64. The number of carboxylic acids is 1. The molecule has 132 valence electrons. The van der Waals surface area contributed by atoms with Crippen molar-refractivity contribution in [2.45, 2.75) is 6.54 Å². The zero-order valence-corrected chi connectivity index (χ0v) is 13.5. The summed E-state index contributed by atoms with van der Waals surface area (Å²) in [6.07, 6.45) is 1.35. The first-order valence-electron chi connectivity index (χ1n) is 7.72. The number of aliphatic carboxylic acids is 1. The molecule has 26 heavy (non-hydrogen) atoms. The van der Waals surface area contributed by atoms with Crippen molar-refractivity contribution in [1.29, 1.82) is 0 Å². The van der Waals surface area contributed by atoms with E-state index in [9.17, 15) is 19.5 Å². The van der Waals surface area contributed by atoms with Crippen LogP contribution in [0.25, 0.3) is 10.9 Å². The number of carbonyl (C=O) groups is 2. The van der Waals surface area contributed by atoms with Gasteiger partial charge in [0.25, 0.3) is 11.5 Å². The Morgan fingerprint density at radius 3 is 2.58 bits per heavy atom. The Labute approximate surface area is 147 Å². The smallest absolute Gasteiger partial charge is 0.322 e. The van der Waals surface area contributed by atoms with Crippen LogP contribution in [0.3, 0.4) is 0 Å². The van der Waals surface area contributed by atoms with E-state index in [2.05, 4.69) is 10.3 Å². The van der Waals surface area contributed by atoms with Crippen LogP contribution in [0.2, 0.25) is 0 Å². The third kappa shape index (κ3) is 3.54. The fourth-order valence-electron chi connectivity index (χ4n) is 2.55. The molecular weight excluding hydrogens is 338 g/mol. The highest BCUT2D eigenvalue weighted by Crippen LogP contribution is 2.18. The van der Waals surface area contributed by atoms with Gasteiger partial charge in [0.15, 0.2) is 5.75 Å². The van der Waals surface area contributed by atoms with Crippen LogP contribution in [-0.2, 0) is 11.3 Å². The van der Waals surface area contributed by atoms with Gasteiger partial charge in [-0.15, -0.1) is 0 Å². The number of carboxylic acid groups (broad SMARTS) is 1. The molecule has 0 unspecified atom stereocenters. The molecule has 0 aliphatic rings. The van der Waals surface area contributed by atoms with Crippen molar-refractivity contribution in [2.24, 2.45) is 0 Å². The second kappa shape index (κ2) is 7.06. The molecule has 3 N–H and O–H groups in total. The molecule has 3 rings (SSSR count). The van der Waals surface area contributed by atoms with Crippen LogP contribution < -0.4 is 10.9 Å². The maximum Gasteiger partial charge on any atom is 0.322 e. The molecule has 0 fully saturated rings. The molecule has 0 aliphatic carbocycles. The van der Waals surface area contributed by atoms with E-state index in [1.807, 2.05) is 30.3 Å². The van der Waals surface area contributed by atoms with Gasteiger partial charge in [-0.2, -0.15) is 0 Å². The summed E-state index contributed by atoms with van der Waals surface area (Å²) in [4.78, 5) is 39.0. The number of benzene rings is 1. The molecule has 0 aliphatic heterocycles. The summed E-state index contributed by atoms with van der Waals surface area (Å²) in [6, 6.07) is 11.9. The van der Waals surface area contributed by atoms with E-state index in [0.717, 1.165) is 5.56 Å². The number of hydrogen-bond donors (Lipinski definition) is 3. The number of aromatic hydroxyl groups is 1. The number of aromatic nitrogens is 2. The zero-order valence-electron chi connectivity index (χ0n) is 13.5. The predicted molar refractivity (Wildman–Crippen MR) is 93.2 cm³/mol. The van der Waals surface area contributed by atoms with Crippen molar-refractivity contribution in [2.75, 3.05) is 6.54 Å². The van der Waals surface area contributed by atoms with Crippen molar-refractivity contribution in [3.8, 4) is 5.75 Å². The highest BCUT2D eigenvalue weighted by atomic mass is 16.4. The van der Waals surface area contributed by atoms with E-state index in [0.29, 0.717) is 10.9 Å². The van der Waals surface area contributed by atoms with Crippen LogP contribution in [0.15, 0.2) is 53.5 Å². The molecule has 3 aromatic rings. The van der Waals surface area contributed by atoms with Gasteiger partial charge in [-0.3, -0.25) is 19.4 Å². The third-order valence-corrected chi connectivity index (χ3v) is 3.78. The Morgan fingerprint density at radius 2 is 1.88 bits per heavy atom. The van der Waals surface area contributed by atoms with Crippen LogP contribution >= 0.6 is 0 Å². The summed E-state index contributed by atoms with van der Waals surface area (Å²) < 4.78 is 1.34. The van der Waals surface area contributed by atoms with Crippen LogP contribution in [0.4, 0.5) is 0 Å². The van der Waals surface area contributed by atoms with Gasteiger partial charge in [0.05, 0.1) is 12.1 Å². The Hall–Kier alpha value is -3.68. The Kier molecular flexibility index (Phi) is 4.66. The molecule has 1 aromatic carbocycles. The number of fused-ring (bicyclic) bond motifs is 1. The third-order valence-electron chi connectivity index (χ3n) is 3.78. The van der Waals surface area contributed by atoms with Gasteiger partial charge in [0.2, 0.25) is 0 Å². The minimum Gasteiger partial charge on any atom is -0.503 e. The zero-order chi connectivity index (χ0) is 18.7. The topological polar surface area (TPSA) is 122 Å². The lowest BCUT2D eigenvalue weighted by atomic mass is 10.2. The largest absolute Gasteiger partial charge is 0.503 e. The first kappa shape index (κ1) is 17.2. The second-order valence-corrected chi connectivity index (χ2v) is 5.61. The molecular formula is C18H15N3O5. The number of nitrogens with one attached hydrogen (secondary N) is 1. The van der Waals surface area contributed by atoms with E-state index in [1.54, 1.807) is 0 Å². The summed E-state index contributed by atoms with van der Waals surface area (Å²) in [6.45, 7) is -0.338. The summed E-state index contributed by atoms with van der Waals surface area (Å²) in [5, 5.41) is 21.2. The lowest BCUT2D eigenvalue weighted by molar-refractivity contribution is -0.135. The molecule has 2 aromatic heterocycles. The van der Waals surface area contributed by atoms with Crippen LogP contribution in [0, 0.1) is 0 Å². The molecule has 0 saturated heterocycles. The molecule has 0 spiro atoms. The molecule has 1 amide bonds. The van der Waals surface area contributed by atoms with E-state index in [1.165, 1.54) is 22.9 Å². The number of pyridine rings is 2. The number of hydrogen-bond acceptors (Lipinski definition) is 5. The van der Waals surface area contributed by atoms with Gasteiger partial charge in [-0.25, -0.2) is 0 Å². The average molecular weight is 353 g/mol. The highest BCUT2D eigenvalue weighted by molar-refractivity contribution is 5.97. The van der Waals surface area contributed by atoms with Gasteiger partial charge in [0, 0.05) is 11.6 Å². The number of amides is 1.